The molecule has 0 amide bonds. The normalized spacial score (nSPS) is 12.2. The van der Waals surface area contributed by atoms with E-state index in [9.17, 15) is 5.11 Å². The van der Waals surface area contributed by atoms with E-state index in [4.69, 9.17) is 4.74 Å². The summed E-state index contributed by atoms with van der Waals surface area (Å²) < 4.78 is 5.58. The standard InChI is InChI=1S/C16H18O2/c1-12-7-9-14(10-8-12)18-11-16(17)15-6-4-3-5-13(15)2/h3-10,16-17H,11H2,1-2H3. The molecule has 1 unspecified atom stereocenters. The lowest BCUT2D eigenvalue weighted by Crippen LogP contribution is -2.10. The third kappa shape index (κ3) is 3.11. The highest BCUT2D eigenvalue weighted by atomic mass is 16.5. The first-order chi connectivity index (χ1) is 8.66. The molecular weight excluding hydrogens is 224 g/mol. The Kier molecular flexibility index (Phi) is 4.00. The smallest absolute Gasteiger partial charge is 0.119 e. The van der Waals surface area contributed by atoms with Gasteiger partial charge in [0.05, 0.1) is 0 Å². The van der Waals surface area contributed by atoms with Gasteiger partial charge in [0.15, 0.2) is 0 Å². The van der Waals surface area contributed by atoms with Crippen LogP contribution in [0, 0.1) is 13.8 Å². The second kappa shape index (κ2) is 5.69. The molecule has 0 fully saturated rings. The van der Waals surface area contributed by atoms with Gasteiger partial charge in [-0.15, -0.1) is 0 Å². The molecule has 0 bridgehead atoms. The largest absolute Gasteiger partial charge is 0.491 e. The van der Waals surface area contributed by atoms with E-state index >= 15 is 0 Å². The van der Waals surface area contributed by atoms with Crippen LogP contribution >= 0.6 is 0 Å². The fourth-order valence-corrected chi connectivity index (χ4v) is 1.86. The summed E-state index contributed by atoms with van der Waals surface area (Å²) in [5, 5.41) is 10.1. The van der Waals surface area contributed by atoms with Crippen molar-refractivity contribution in [3.8, 4) is 5.75 Å². The van der Waals surface area contributed by atoms with Crippen molar-refractivity contribution in [1.29, 1.82) is 0 Å². The molecular formula is C16H18O2. The molecule has 2 aromatic rings. The summed E-state index contributed by atoms with van der Waals surface area (Å²) in [5.74, 6) is 0.785. The van der Waals surface area contributed by atoms with Crippen molar-refractivity contribution in [2.24, 2.45) is 0 Å². The van der Waals surface area contributed by atoms with E-state index in [1.807, 2.05) is 62.4 Å². The summed E-state index contributed by atoms with van der Waals surface area (Å²) in [6.07, 6.45) is -0.590. The topological polar surface area (TPSA) is 29.5 Å². The summed E-state index contributed by atoms with van der Waals surface area (Å²) in [6.45, 7) is 4.30. The van der Waals surface area contributed by atoms with E-state index in [0.29, 0.717) is 0 Å². The summed E-state index contributed by atoms with van der Waals surface area (Å²) >= 11 is 0. The Morgan fingerprint density at radius 1 is 1.00 bits per heavy atom. The van der Waals surface area contributed by atoms with Crippen LogP contribution in [0.2, 0.25) is 0 Å². The molecule has 18 heavy (non-hydrogen) atoms. The predicted octanol–water partition coefficient (Wildman–Crippen LogP) is 3.42. The molecule has 0 heterocycles. The van der Waals surface area contributed by atoms with Gasteiger partial charge in [0.2, 0.25) is 0 Å². The van der Waals surface area contributed by atoms with Crippen LogP contribution in [0.4, 0.5) is 0 Å². The van der Waals surface area contributed by atoms with Crippen LogP contribution in [0.25, 0.3) is 0 Å². The molecule has 0 aromatic heterocycles. The highest BCUT2D eigenvalue weighted by molar-refractivity contribution is 5.29. The molecule has 2 aromatic carbocycles. The van der Waals surface area contributed by atoms with Gasteiger partial charge in [0, 0.05) is 0 Å². The molecule has 0 aliphatic carbocycles. The van der Waals surface area contributed by atoms with Gasteiger partial charge in [-0.25, -0.2) is 0 Å². The van der Waals surface area contributed by atoms with Gasteiger partial charge in [0.1, 0.15) is 18.5 Å². The van der Waals surface area contributed by atoms with Crippen molar-refractivity contribution in [1.82, 2.24) is 0 Å². The van der Waals surface area contributed by atoms with Crippen LogP contribution in [0.1, 0.15) is 22.8 Å². The van der Waals surface area contributed by atoms with Crippen molar-refractivity contribution in [3.05, 3.63) is 65.2 Å². The first-order valence-electron chi connectivity index (χ1n) is 6.10. The Morgan fingerprint density at radius 2 is 1.67 bits per heavy atom. The maximum atomic E-state index is 10.1. The summed E-state index contributed by atoms with van der Waals surface area (Å²) in [7, 11) is 0. The second-order valence-corrected chi connectivity index (χ2v) is 4.50. The van der Waals surface area contributed by atoms with Gasteiger partial charge in [-0.1, -0.05) is 42.0 Å². The Hall–Kier alpha value is -1.80. The zero-order valence-corrected chi connectivity index (χ0v) is 10.8. The molecule has 0 spiro atoms. The average Bonchev–Trinajstić information content (AvgIpc) is 2.38. The fraction of sp³-hybridized carbons (Fsp3) is 0.250. The first-order valence-corrected chi connectivity index (χ1v) is 6.10. The maximum absolute atomic E-state index is 10.1. The van der Waals surface area contributed by atoms with Gasteiger partial charge in [-0.3, -0.25) is 0 Å². The highest BCUT2D eigenvalue weighted by Crippen LogP contribution is 2.19. The van der Waals surface area contributed by atoms with Crippen molar-refractivity contribution in [2.75, 3.05) is 6.61 Å². The zero-order valence-electron chi connectivity index (χ0n) is 10.8. The molecule has 0 saturated carbocycles. The van der Waals surface area contributed by atoms with E-state index in [1.54, 1.807) is 0 Å². The van der Waals surface area contributed by atoms with Crippen molar-refractivity contribution in [2.45, 2.75) is 20.0 Å². The minimum atomic E-state index is -0.590. The number of aryl methyl sites for hydroxylation is 2. The predicted molar refractivity (Wildman–Crippen MR) is 72.8 cm³/mol. The third-order valence-electron chi connectivity index (χ3n) is 2.98. The monoisotopic (exact) mass is 242 g/mol. The number of aliphatic hydroxyl groups is 1. The minimum absolute atomic E-state index is 0.272. The molecule has 2 heteroatoms. The Balaban J connectivity index is 1.98. The molecule has 0 radical (unpaired) electrons. The SMILES string of the molecule is Cc1ccc(OCC(O)c2ccccc2C)cc1. The molecule has 1 atom stereocenters. The van der Waals surface area contributed by atoms with Crippen molar-refractivity contribution < 1.29 is 9.84 Å². The number of ether oxygens (including phenoxy) is 1. The summed E-state index contributed by atoms with van der Waals surface area (Å²) in [4.78, 5) is 0. The number of hydrogen-bond acceptors (Lipinski definition) is 2. The van der Waals surface area contributed by atoms with Crippen LogP contribution in [-0.4, -0.2) is 11.7 Å². The number of benzene rings is 2. The van der Waals surface area contributed by atoms with Gasteiger partial charge < -0.3 is 9.84 Å². The van der Waals surface area contributed by atoms with E-state index in [1.165, 1.54) is 5.56 Å². The molecule has 2 rings (SSSR count). The van der Waals surface area contributed by atoms with Crippen LogP contribution < -0.4 is 4.74 Å². The van der Waals surface area contributed by atoms with Crippen LogP contribution in [0.15, 0.2) is 48.5 Å². The number of rotatable bonds is 4. The zero-order chi connectivity index (χ0) is 13.0. The maximum Gasteiger partial charge on any atom is 0.119 e. The third-order valence-corrected chi connectivity index (χ3v) is 2.98. The molecule has 0 saturated heterocycles. The van der Waals surface area contributed by atoms with E-state index in [-0.39, 0.29) is 6.61 Å². The number of hydrogen-bond donors (Lipinski definition) is 1. The Labute approximate surface area is 108 Å². The quantitative estimate of drug-likeness (QED) is 0.890. The van der Waals surface area contributed by atoms with E-state index < -0.39 is 6.10 Å². The van der Waals surface area contributed by atoms with Crippen LogP contribution in [0.5, 0.6) is 5.75 Å². The van der Waals surface area contributed by atoms with Gasteiger partial charge in [0.25, 0.3) is 0 Å². The molecule has 2 nitrogen and oxygen atoms in total. The molecule has 0 aliphatic rings. The minimum Gasteiger partial charge on any atom is -0.491 e. The van der Waals surface area contributed by atoms with Gasteiger partial charge >= 0.3 is 0 Å². The van der Waals surface area contributed by atoms with Crippen LogP contribution in [-0.2, 0) is 0 Å². The summed E-state index contributed by atoms with van der Waals surface area (Å²) in [5.41, 5.74) is 3.20. The van der Waals surface area contributed by atoms with E-state index in [2.05, 4.69) is 0 Å². The lowest BCUT2D eigenvalue weighted by atomic mass is 10.0. The first kappa shape index (κ1) is 12.7. The average molecular weight is 242 g/mol. The Morgan fingerprint density at radius 3 is 2.33 bits per heavy atom. The Bertz CT molecular complexity index is 503. The fourth-order valence-electron chi connectivity index (χ4n) is 1.86. The lowest BCUT2D eigenvalue weighted by molar-refractivity contribution is 0.107. The molecule has 94 valence electrons. The van der Waals surface area contributed by atoms with E-state index in [0.717, 1.165) is 16.9 Å². The van der Waals surface area contributed by atoms with Gasteiger partial charge in [-0.05, 0) is 37.1 Å². The molecule has 0 aliphatic heterocycles. The van der Waals surface area contributed by atoms with Gasteiger partial charge in [-0.2, -0.15) is 0 Å². The van der Waals surface area contributed by atoms with Crippen molar-refractivity contribution in [3.63, 3.8) is 0 Å². The van der Waals surface area contributed by atoms with Crippen LogP contribution in [0.3, 0.4) is 0 Å². The second-order valence-electron chi connectivity index (χ2n) is 4.50. The highest BCUT2D eigenvalue weighted by Gasteiger charge is 2.10. The summed E-state index contributed by atoms with van der Waals surface area (Å²) in [6, 6.07) is 15.6. The van der Waals surface area contributed by atoms with Crippen molar-refractivity contribution >= 4 is 0 Å². The molecule has 1 N–H and O–H groups in total. The lowest BCUT2D eigenvalue weighted by Gasteiger charge is -2.14. The number of aliphatic hydroxyl groups excluding tert-OH is 1.